The maximum atomic E-state index is 12.8. The Balaban J connectivity index is 2.34. The van der Waals surface area contributed by atoms with E-state index in [1.807, 2.05) is 0 Å². The summed E-state index contributed by atoms with van der Waals surface area (Å²) in [5.41, 5.74) is 0.471. The predicted molar refractivity (Wildman–Crippen MR) is 68.6 cm³/mol. The van der Waals surface area contributed by atoms with Crippen LogP contribution in [0.3, 0.4) is 0 Å². The van der Waals surface area contributed by atoms with Gasteiger partial charge in [0.2, 0.25) is 0 Å². The maximum absolute atomic E-state index is 12.8. The van der Waals surface area contributed by atoms with Gasteiger partial charge in [0.25, 0.3) is 0 Å². The highest BCUT2D eigenvalue weighted by Gasteiger charge is 2.30. The molecule has 0 fully saturated rings. The van der Waals surface area contributed by atoms with Crippen LogP contribution in [-0.2, 0) is 6.18 Å². The first-order chi connectivity index (χ1) is 8.88. The largest absolute Gasteiger partial charge is 0.416 e. The summed E-state index contributed by atoms with van der Waals surface area (Å²) in [6.07, 6.45) is -4.37. The highest BCUT2D eigenvalue weighted by atomic mass is 79.9. The fourth-order valence-corrected chi connectivity index (χ4v) is 2.29. The van der Waals surface area contributed by atoms with E-state index in [1.54, 1.807) is 6.07 Å². The van der Waals surface area contributed by atoms with Crippen molar-refractivity contribution in [2.75, 3.05) is 0 Å². The number of alkyl halides is 4. The average Bonchev–Trinajstić information content (AvgIpc) is 2.38. The second-order valence-corrected chi connectivity index (χ2v) is 4.95. The lowest BCUT2D eigenvalue weighted by Crippen LogP contribution is -2.05. The molecule has 2 aromatic rings. The Morgan fingerprint density at radius 3 is 2.11 bits per heavy atom. The lowest BCUT2D eigenvalue weighted by atomic mass is 10.0. The highest BCUT2D eigenvalue weighted by Crippen LogP contribution is 2.35. The van der Waals surface area contributed by atoms with Gasteiger partial charge in [0.05, 0.1) is 10.4 Å². The van der Waals surface area contributed by atoms with E-state index < -0.39 is 16.6 Å². The van der Waals surface area contributed by atoms with Gasteiger partial charge in [-0.3, -0.25) is 0 Å². The molecule has 0 amide bonds. The molecule has 0 spiro atoms. The van der Waals surface area contributed by atoms with Gasteiger partial charge >= 0.3 is 6.18 Å². The third-order valence-corrected chi connectivity index (χ3v) is 3.73. The van der Waals surface area contributed by atoms with Gasteiger partial charge in [0.1, 0.15) is 5.82 Å². The van der Waals surface area contributed by atoms with Gasteiger partial charge in [-0.1, -0.05) is 46.3 Å². The Labute approximate surface area is 116 Å². The molecule has 0 aromatic heterocycles. The molecule has 1 unspecified atom stereocenters. The van der Waals surface area contributed by atoms with Crippen molar-refractivity contribution in [1.29, 1.82) is 0 Å². The molecule has 1 atom stereocenters. The van der Waals surface area contributed by atoms with Crippen molar-refractivity contribution in [3.05, 3.63) is 71.0 Å². The first kappa shape index (κ1) is 14.1. The second kappa shape index (κ2) is 5.33. The molecular weight excluding hydrogens is 324 g/mol. The van der Waals surface area contributed by atoms with Crippen molar-refractivity contribution in [2.24, 2.45) is 0 Å². The minimum absolute atomic E-state index is 0.382. The zero-order valence-electron chi connectivity index (χ0n) is 9.59. The van der Waals surface area contributed by atoms with Crippen molar-refractivity contribution >= 4 is 15.9 Å². The summed E-state index contributed by atoms with van der Waals surface area (Å²) in [6, 6.07) is 10.7. The van der Waals surface area contributed by atoms with Crippen LogP contribution in [0.2, 0.25) is 0 Å². The molecule has 0 aliphatic carbocycles. The first-order valence-corrected chi connectivity index (χ1v) is 6.36. The Morgan fingerprint density at radius 2 is 1.53 bits per heavy atom. The van der Waals surface area contributed by atoms with E-state index in [4.69, 9.17) is 0 Å². The van der Waals surface area contributed by atoms with E-state index in [0.717, 1.165) is 12.1 Å². The minimum Gasteiger partial charge on any atom is -0.207 e. The van der Waals surface area contributed by atoms with Crippen molar-refractivity contribution in [2.45, 2.75) is 11.0 Å². The van der Waals surface area contributed by atoms with Crippen LogP contribution < -0.4 is 0 Å². The van der Waals surface area contributed by atoms with Crippen LogP contribution in [0, 0.1) is 5.82 Å². The van der Waals surface area contributed by atoms with Crippen molar-refractivity contribution in [1.82, 2.24) is 0 Å². The molecule has 5 heteroatoms. The quantitative estimate of drug-likeness (QED) is 0.515. The molecule has 0 aliphatic rings. The molecule has 0 aliphatic heterocycles. The topological polar surface area (TPSA) is 0 Å². The van der Waals surface area contributed by atoms with Crippen LogP contribution in [-0.4, -0.2) is 0 Å². The van der Waals surface area contributed by atoms with Crippen LogP contribution in [0.25, 0.3) is 0 Å². The fourth-order valence-electron chi connectivity index (χ4n) is 1.70. The number of rotatable bonds is 2. The highest BCUT2D eigenvalue weighted by molar-refractivity contribution is 9.09. The van der Waals surface area contributed by atoms with E-state index in [-0.39, 0.29) is 5.82 Å². The zero-order valence-corrected chi connectivity index (χ0v) is 11.2. The summed E-state index contributed by atoms with van der Waals surface area (Å²) in [5.74, 6) is -0.382. The van der Waals surface area contributed by atoms with Gasteiger partial charge in [0.15, 0.2) is 0 Å². The van der Waals surface area contributed by atoms with Gasteiger partial charge < -0.3 is 0 Å². The van der Waals surface area contributed by atoms with Gasteiger partial charge in [-0.25, -0.2) is 4.39 Å². The average molecular weight is 333 g/mol. The van der Waals surface area contributed by atoms with E-state index in [2.05, 4.69) is 15.9 Å². The van der Waals surface area contributed by atoms with Gasteiger partial charge in [-0.15, -0.1) is 0 Å². The summed E-state index contributed by atoms with van der Waals surface area (Å²) >= 11 is 3.33. The van der Waals surface area contributed by atoms with Crippen LogP contribution in [0.5, 0.6) is 0 Å². The third kappa shape index (κ3) is 3.35. The Bertz CT molecular complexity index is 560. The molecule has 2 aromatic carbocycles. The van der Waals surface area contributed by atoms with E-state index in [9.17, 15) is 17.6 Å². The van der Waals surface area contributed by atoms with Crippen molar-refractivity contribution in [3.63, 3.8) is 0 Å². The molecule has 19 heavy (non-hydrogen) atoms. The molecule has 100 valence electrons. The smallest absolute Gasteiger partial charge is 0.207 e. The Kier molecular flexibility index (Phi) is 3.94. The van der Waals surface area contributed by atoms with Crippen molar-refractivity contribution < 1.29 is 17.6 Å². The summed E-state index contributed by atoms with van der Waals surface area (Å²) in [6.45, 7) is 0. The summed E-state index contributed by atoms with van der Waals surface area (Å²) < 4.78 is 50.7. The molecule has 0 saturated heterocycles. The fraction of sp³-hybridized carbons (Fsp3) is 0.143. The lowest BCUT2D eigenvalue weighted by Gasteiger charge is -2.13. The molecule has 0 bridgehead atoms. The van der Waals surface area contributed by atoms with Crippen LogP contribution in [0.4, 0.5) is 17.6 Å². The van der Waals surface area contributed by atoms with Crippen LogP contribution >= 0.6 is 15.9 Å². The molecule has 0 nitrogen and oxygen atoms in total. The van der Waals surface area contributed by atoms with Gasteiger partial charge in [-0.05, 0) is 29.3 Å². The van der Waals surface area contributed by atoms with E-state index >= 15 is 0 Å². The number of hydrogen-bond acceptors (Lipinski definition) is 0. The van der Waals surface area contributed by atoms with Crippen LogP contribution in [0.1, 0.15) is 21.5 Å². The first-order valence-electron chi connectivity index (χ1n) is 5.44. The summed E-state index contributed by atoms with van der Waals surface area (Å²) in [7, 11) is 0. The maximum Gasteiger partial charge on any atom is 0.416 e. The Morgan fingerprint density at radius 1 is 0.895 bits per heavy atom. The number of benzene rings is 2. The Hall–Kier alpha value is -1.36. The number of halogens is 5. The van der Waals surface area contributed by atoms with Crippen LogP contribution in [0.15, 0.2) is 48.5 Å². The third-order valence-electron chi connectivity index (χ3n) is 2.67. The minimum atomic E-state index is -4.37. The zero-order chi connectivity index (χ0) is 14.0. The standard InChI is InChI=1S/C14H9BrF4/c15-13(9-4-6-12(16)7-5-9)10-2-1-3-11(8-10)14(17,18)19/h1-8,13H. The molecule has 0 N–H and O–H groups in total. The lowest BCUT2D eigenvalue weighted by molar-refractivity contribution is -0.137. The van der Waals surface area contributed by atoms with E-state index in [1.165, 1.54) is 30.3 Å². The number of hydrogen-bond donors (Lipinski definition) is 0. The van der Waals surface area contributed by atoms with Gasteiger partial charge in [0, 0.05) is 0 Å². The molecule has 0 radical (unpaired) electrons. The van der Waals surface area contributed by atoms with Crippen molar-refractivity contribution in [3.8, 4) is 0 Å². The second-order valence-electron chi connectivity index (χ2n) is 4.04. The molecular formula is C14H9BrF4. The molecule has 0 heterocycles. The summed E-state index contributed by atoms with van der Waals surface area (Å²) in [5, 5.41) is 0. The normalized spacial score (nSPS) is 13.3. The predicted octanol–water partition coefficient (Wildman–Crippen LogP) is 5.33. The molecule has 0 saturated carbocycles. The summed E-state index contributed by atoms with van der Waals surface area (Å²) in [4.78, 5) is -0.407. The molecule has 2 rings (SSSR count). The SMILES string of the molecule is Fc1ccc(C(Br)c2cccc(C(F)(F)F)c2)cc1. The van der Waals surface area contributed by atoms with Gasteiger partial charge in [-0.2, -0.15) is 13.2 Å². The monoisotopic (exact) mass is 332 g/mol. The van der Waals surface area contributed by atoms with E-state index in [0.29, 0.717) is 11.1 Å².